The number of para-hydroxylation sites is 1. The second-order valence-corrected chi connectivity index (χ2v) is 7.89. The molecule has 3 nitrogen and oxygen atoms in total. The van der Waals surface area contributed by atoms with Gasteiger partial charge in [-0.15, -0.1) is 0 Å². The van der Waals surface area contributed by atoms with Crippen molar-refractivity contribution < 1.29 is 22.7 Å². The number of hydrogen-bond acceptors (Lipinski definition) is 3. The van der Waals surface area contributed by atoms with E-state index in [4.69, 9.17) is 9.15 Å². The Kier molecular flexibility index (Phi) is 6.06. The van der Waals surface area contributed by atoms with Gasteiger partial charge in [-0.25, -0.2) is 8.78 Å². The summed E-state index contributed by atoms with van der Waals surface area (Å²) < 4.78 is 37.4. The Morgan fingerprint density at radius 1 is 1.03 bits per heavy atom. The zero-order chi connectivity index (χ0) is 21.3. The van der Waals surface area contributed by atoms with Crippen molar-refractivity contribution in [2.24, 2.45) is 0 Å². The van der Waals surface area contributed by atoms with Crippen LogP contribution in [0.15, 0.2) is 40.8 Å². The quantitative estimate of drug-likeness (QED) is 0.394. The molecule has 0 unspecified atom stereocenters. The number of Topliss-reactive ketones (excluding diaryl/α,β-unsaturated/α-hetero) is 1. The fourth-order valence-electron chi connectivity index (χ4n) is 3.39. The molecule has 29 heavy (non-hydrogen) atoms. The van der Waals surface area contributed by atoms with Crippen molar-refractivity contribution in [1.82, 2.24) is 0 Å². The van der Waals surface area contributed by atoms with E-state index in [1.807, 2.05) is 44.2 Å². The van der Waals surface area contributed by atoms with Crippen LogP contribution in [-0.4, -0.2) is 18.8 Å². The molecule has 5 heteroatoms. The molecule has 2 aromatic carbocycles. The molecule has 1 heterocycles. The van der Waals surface area contributed by atoms with Gasteiger partial charge in [0.05, 0.1) is 0 Å². The average Bonchev–Trinajstić information content (AvgIpc) is 3.10. The highest BCUT2D eigenvalue weighted by Gasteiger charge is 2.22. The van der Waals surface area contributed by atoms with Crippen molar-refractivity contribution in [1.29, 1.82) is 0 Å². The average molecular weight is 400 g/mol. The van der Waals surface area contributed by atoms with E-state index in [1.54, 1.807) is 6.07 Å². The lowest BCUT2D eigenvalue weighted by atomic mass is 9.89. The van der Waals surface area contributed by atoms with Crippen LogP contribution in [0.1, 0.15) is 68.1 Å². The van der Waals surface area contributed by atoms with Gasteiger partial charge in [-0.3, -0.25) is 4.79 Å². The molecule has 3 aromatic rings. The number of carbonyl (C=O) groups excluding carboxylic acids is 1. The number of carbonyl (C=O) groups is 1. The van der Waals surface area contributed by atoms with E-state index >= 15 is 0 Å². The van der Waals surface area contributed by atoms with E-state index in [-0.39, 0.29) is 23.4 Å². The Morgan fingerprint density at radius 3 is 2.34 bits per heavy atom. The molecule has 154 valence electrons. The van der Waals surface area contributed by atoms with Crippen LogP contribution in [0.4, 0.5) is 8.78 Å². The Bertz CT molecular complexity index is 1030. The van der Waals surface area contributed by atoms with Crippen LogP contribution in [-0.2, 0) is 0 Å². The first-order chi connectivity index (χ1) is 13.7. The second-order valence-electron chi connectivity index (χ2n) is 7.89. The first-order valence-electron chi connectivity index (χ1n) is 9.81. The number of benzene rings is 2. The van der Waals surface area contributed by atoms with Gasteiger partial charge in [0.1, 0.15) is 17.9 Å². The topological polar surface area (TPSA) is 39.4 Å². The zero-order valence-electron chi connectivity index (χ0n) is 17.4. The molecule has 0 saturated heterocycles. The largest absolute Gasteiger partial charge is 0.487 e. The number of ketones is 1. The van der Waals surface area contributed by atoms with Crippen molar-refractivity contribution in [2.45, 2.75) is 52.9 Å². The molecule has 0 fully saturated rings. The molecule has 0 radical (unpaired) electrons. The summed E-state index contributed by atoms with van der Waals surface area (Å²) in [6.45, 7) is 8.97. The molecule has 0 aliphatic heterocycles. The van der Waals surface area contributed by atoms with Gasteiger partial charge < -0.3 is 9.15 Å². The monoisotopic (exact) mass is 400 g/mol. The minimum atomic E-state index is -2.57. The molecule has 0 aliphatic rings. The molecule has 0 amide bonds. The number of alkyl halides is 2. The van der Waals surface area contributed by atoms with Gasteiger partial charge in [-0.2, -0.15) is 0 Å². The van der Waals surface area contributed by atoms with Gasteiger partial charge in [0, 0.05) is 23.4 Å². The molecule has 0 atom stereocenters. The maximum atomic E-state index is 13.0. The Hall–Kier alpha value is -2.69. The van der Waals surface area contributed by atoms with E-state index in [0.29, 0.717) is 16.9 Å². The normalized spacial score (nSPS) is 11.8. The number of ether oxygens (including phenoxy) is 1. The van der Waals surface area contributed by atoms with Gasteiger partial charge in [0.2, 0.25) is 0 Å². The maximum Gasteiger partial charge on any atom is 0.272 e. The number of fused-ring (bicyclic) bond motifs is 1. The SMILES string of the molecule is CC(=O)c1cc2cccc(-c3cc(C(C)C)cc(C(C)C)c3OCC(F)F)c2o1. The summed E-state index contributed by atoms with van der Waals surface area (Å²) in [6, 6.07) is 11.3. The minimum absolute atomic E-state index is 0.0868. The smallest absolute Gasteiger partial charge is 0.272 e. The Balaban J connectivity index is 2.31. The first-order valence-corrected chi connectivity index (χ1v) is 9.81. The second kappa shape index (κ2) is 8.36. The fourth-order valence-corrected chi connectivity index (χ4v) is 3.39. The van der Waals surface area contributed by atoms with E-state index in [1.165, 1.54) is 6.92 Å². The lowest BCUT2D eigenvalue weighted by Crippen LogP contribution is -2.10. The van der Waals surface area contributed by atoms with Crippen LogP contribution < -0.4 is 4.74 Å². The fraction of sp³-hybridized carbons (Fsp3) is 0.375. The van der Waals surface area contributed by atoms with E-state index in [0.717, 1.165) is 22.1 Å². The first kappa shape index (κ1) is 21.0. The zero-order valence-corrected chi connectivity index (χ0v) is 17.4. The van der Waals surface area contributed by atoms with Gasteiger partial charge in [-0.05, 0) is 35.1 Å². The predicted molar refractivity (Wildman–Crippen MR) is 111 cm³/mol. The lowest BCUT2D eigenvalue weighted by Gasteiger charge is -2.21. The van der Waals surface area contributed by atoms with Crippen LogP contribution in [0.3, 0.4) is 0 Å². The molecule has 0 aliphatic carbocycles. The Labute approximate surface area is 169 Å². The number of hydrogen-bond donors (Lipinski definition) is 0. The van der Waals surface area contributed by atoms with Crippen molar-refractivity contribution >= 4 is 16.8 Å². The maximum absolute atomic E-state index is 13.0. The van der Waals surface area contributed by atoms with E-state index in [2.05, 4.69) is 13.8 Å². The summed E-state index contributed by atoms with van der Waals surface area (Å²) >= 11 is 0. The van der Waals surface area contributed by atoms with Crippen LogP contribution in [0.5, 0.6) is 5.75 Å². The number of furan rings is 1. The molecule has 3 rings (SSSR count). The van der Waals surface area contributed by atoms with E-state index < -0.39 is 13.0 Å². The van der Waals surface area contributed by atoms with Gasteiger partial charge in [0.25, 0.3) is 6.43 Å². The standard InChI is InChI=1S/C24H26F2O3/c1-13(2)17-9-19(14(3)4)24(28-12-22(25)26)20(10-17)18-8-6-7-16-11-21(15(5)27)29-23(16)18/h6-11,13-14,22H,12H2,1-5H3. The number of halogens is 2. The lowest BCUT2D eigenvalue weighted by molar-refractivity contribution is 0.0815. The molecule has 0 N–H and O–H groups in total. The summed E-state index contributed by atoms with van der Waals surface area (Å²) in [6.07, 6.45) is -2.57. The number of rotatable bonds is 7. The molecular formula is C24H26F2O3. The summed E-state index contributed by atoms with van der Waals surface area (Å²) in [5, 5.41) is 0.786. The van der Waals surface area contributed by atoms with Crippen molar-refractivity contribution in [2.75, 3.05) is 6.61 Å². The van der Waals surface area contributed by atoms with E-state index in [9.17, 15) is 13.6 Å². The molecule has 0 saturated carbocycles. The van der Waals surface area contributed by atoms with Crippen LogP contribution in [0.25, 0.3) is 22.1 Å². The third-order valence-corrected chi connectivity index (χ3v) is 4.96. The van der Waals surface area contributed by atoms with Gasteiger partial charge >= 0.3 is 0 Å². The summed E-state index contributed by atoms with van der Waals surface area (Å²) in [5.41, 5.74) is 3.94. The van der Waals surface area contributed by atoms with Crippen LogP contribution >= 0.6 is 0 Å². The third kappa shape index (κ3) is 4.34. The highest BCUT2D eigenvalue weighted by atomic mass is 19.3. The molecule has 0 bridgehead atoms. The van der Waals surface area contributed by atoms with Gasteiger partial charge in [0.15, 0.2) is 11.5 Å². The van der Waals surface area contributed by atoms with Crippen molar-refractivity contribution in [3.8, 4) is 16.9 Å². The Morgan fingerprint density at radius 2 is 1.76 bits per heavy atom. The van der Waals surface area contributed by atoms with Crippen LogP contribution in [0, 0.1) is 0 Å². The summed E-state index contributed by atoms with van der Waals surface area (Å²) in [7, 11) is 0. The van der Waals surface area contributed by atoms with Crippen LogP contribution in [0.2, 0.25) is 0 Å². The highest BCUT2D eigenvalue weighted by molar-refractivity contribution is 6.00. The van der Waals surface area contributed by atoms with Crippen molar-refractivity contribution in [3.05, 3.63) is 53.3 Å². The predicted octanol–water partition coefficient (Wildman–Crippen LogP) is 7.19. The van der Waals surface area contributed by atoms with Gasteiger partial charge in [-0.1, -0.05) is 52.0 Å². The summed E-state index contributed by atoms with van der Waals surface area (Å²) in [5.74, 6) is 0.882. The highest BCUT2D eigenvalue weighted by Crippen LogP contribution is 2.42. The summed E-state index contributed by atoms with van der Waals surface area (Å²) in [4.78, 5) is 11.8. The molecular weight excluding hydrogens is 374 g/mol. The molecule has 0 spiro atoms. The minimum Gasteiger partial charge on any atom is -0.487 e. The van der Waals surface area contributed by atoms with Crippen molar-refractivity contribution in [3.63, 3.8) is 0 Å². The third-order valence-electron chi connectivity index (χ3n) is 4.96. The molecule has 1 aromatic heterocycles.